The van der Waals surface area contributed by atoms with Crippen LogP contribution in [-0.2, 0) is 6.54 Å². The molecule has 0 saturated heterocycles. The van der Waals surface area contributed by atoms with Crippen molar-refractivity contribution in [3.05, 3.63) is 107 Å². The molecule has 0 bridgehead atoms. The van der Waals surface area contributed by atoms with Crippen molar-refractivity contribution in [2.24, 2.45) is 4.99 Å². The number of fused-ring (bicyclic) bond motifs is 1. The first kappa shape index (κ1) is 15.4. The van der Waals surface area contributed by atoms with Gasteiger partial charge in [-0.1, -0.05) is 84.9 Å². The minimum atomic E-state index is 0.840. The highest BCUT2D eigenvalue weighted by Gasteiger charge is 2.22. The molecule has 122 valence electrons. The molecule has 2 heteroatoms. The molecule has 0 aromatic heterocycles. The van der Waals surface area contributed by atoms with E-state index in [1.54, 1.807) is 0 Å². The lowest BCUT2D eigenvalue weighted by atomic mass is 10.0. The predicted octanol–water partition coefficient (Wildman–Crippen LogP) is 5.08. The topological polar surface area (TPSA) is 15.6 Å². The minimum absolute atomic E-state index is 0.840. The highest BCUT2D eigenvalue weighted by Crippen LogP contribution is 2.31. The SMILES string of the molecule is CN(Cc1ccccc1)C1=N/C(=C\c2ccccc2)c2ccccc21. The zero-order valence-electron chi connectivity index (χ0n) is 14.3. The molecule has 0 atom stereocenters. The van der Waals surface area contributed by atoms with Crippen LogP contribution in [0.2, 0.25) is 0 Å². The highest BCUT2D eigenvalue weighted by atomic mass is 15.2. The van der Waals surface area contributed by atoms with Crippen LogP contribution < -0.4 is 0 Å². The molecule has 1 heterocycles. The average molecular weight is 324 g/mol. The molecule has 1 aliphatic heterocycles. The summed E-state index contributed by atoms with van der Waals surface area (Å²) in [6, 6.07) is 29.3. The first-order chi connectivity index (χ1) is 12.3. The lowest BCUT2D eigenvalue weighted by Crippen LogP contribution is -2.25. The van der Waals surface area contributed by atoms with E-state index in [2.05, 4.69) is 90.8 Å². The van der Waals surface area contributed by atoms with Gasteiger partial charge in [0, 0.05) is 24.7 Å². The number of hydrogen-bond donors (Lipinski definition) is 0. The molecule has 3 aromatic rings. The number of aliphatic imine (C=N–C) groups is 1. The predicted molar refractivity (Wildman–Crippen MR) is 105 cm³/mol. The summed E-state index contributed by atoms with van der Waals surface area (Å²) < 4.78 is 0. The van der Waals surface area contributed by atoms with Gasteiger partial charge in [-0.2, -0.15) is 0 Å². The molecule has 1 aliphatic rings. The molecule has 0 radical (unpaired) electrons. The third-order valence-electron chi connectivity index (χ3n) is 4.40. The summed E-state index contributed by atoms with van der Waals surface area (Å²) in [7, 11) is 2.11. The second kappa shape index (κ2) is 6.78. The standard InChI is InChI=1S/C23H20N2/c1-25(17-19-12-6-3-7-13-19)23-21-15-9-8-14-20(21)22(24-23)16-18-10-4-2-5-11-18/h2-16H,17H2,1H3/b22-16-. The van der Waals surface area contributed by atoms with Gasteiger partial charge < -0.3 is 4.90 Å². The summed E-state index contributed by atoms with van der Waals surface area (Å²) in [4.78, 5) is 7.17. The number of benzene rings is 3. The molecule has 0 aliphatic carbocycles. The Bertz CT molecular complexity index is 925. The fraction of sp³-hybridized carbons (Fsp3) is 0.0870. The lowest BCUT2D eigenvalue weighted by molar-refractivity contribution is 0.503. The van der Waals surface area contributed by atoms with Crippen LogP contribution in [0.15, 0.2) is 89.9 Å². The molecule has 25 heavy (non-hydrogen) atoms. The fourth-order valence-electron chi connectivity index (χ4n) is 3.18. The van der Waals surface area contributed by atoms with Crippen molar-refractivity contribution in [3.8, 4) is 0 Å². The van der Waals surface area contributed by atoms with Crippen LogP contribution >= 0.6 is 0 Å². The van der Waals surface area contributed by atoms with E-state index in [0.717, 1.165) is 18.1 Å². The highest BCUT2D eigenvalue weighted by molar-refractivity contribution is 6.11. The maximum absolute atomic E-state index is 4.95. The molecule has 0 saturated carbocycles. The zero-order chi connectivity index (χ0) is 17.1. The van der Waals surface area contributed by atoms with Crippen molar-refractivity contribution in [2.45, 2.75) is 6.54 Å². The molecule has 0 fully saturated rings. The summed E-state index contributed by atoms with van der Waals surface area (Å²) in [5.41, 5.74) is 5.87. The van der Waals surface area contributed by atoms with Crippen molar-refractivity contribution in [2.75, 3.05) is 7.05 Å². The van der Waals surface area contributed by atoms with Gasteiger partial charge in [0.15, 0.2) is 0 Å². The Morgan fingerprint density at radius 2 is 1.36 bits per heavy atom. The molecular weight excluding hydrogens is 304 g/mol. The van der Waals surface area contributed by atoms with Crippen molar-refractivity contribution in [1.29, 1.82) is 0 Å². The van der Waals surface area contributed by atoms with Crippen LogP contribution in [0.3, 0.4) is 0 Å². The molecule has 0 amide bonds. The number of nitrogens with zero attached hydrogens (tertiary/aromatic N) is 2. The second-order valence-electron chi connectivity index (χ2n) is 6.26. The van der Waals surface area contributed by atoms with E-state index >= 15 is 0 Å². The van der Waals surface area contributed by atoms with Gasteiger partial charge in [-0.3, -0.25) is 0 Å². The summed E-state index contributed by atoms with van der Waals surface area (Å²) in [5.74, 6) is 1.03. The Labute approximate surface area is 148 Å². The van der Waals surface area contributed by atoms with Crippen LogP contribution in [0.4, 0.5) is 0 Å². The van der Waals surface area contributed by atoms with Gasteiger partial charge in [-0.15, -0.1) is 0 Å². The lowest BCUT2D eigenvalue weighted by Gasteiger charge is -2.19. The summed E-state index contributed by atoms with van der Waals surface area (Å²) in [5, 5.41) is 0. The molecule has 2 nitrogen and oxygen atoms in total. The van der Waals surface area contributed by atoms with Crippen LogP contribution in [0.5, 0.6) is 0 Å². The monoisotopic (exact) mass is 324 g/mol. The summed E-state index contributed by atoms with van der Waals surface area (Å²) in [6.45, 7) is 0.840. The van der Waals surface area contributed by atoms with Gasteiger partial charge in [-0.25, -0.2) is 4.99 Å². The average Bonchev–Trinajstić information content (AvgIpc) is 3.02. The van der Waals surface area contributed by atoms with Crippen molar-refractivity contribution in [1.82, 2.24) is 4.90 Å². The molecule has 0 unspecified atom stereocenters. The van der Waals surface area contributed by atoms with Crippen LogP contribution in [0, 0.1) is 0 Å². The largest absolute Gasteiger partial charge is 0.355 e. The molecule has 0 spiro atoms. The van der Waals surface area contributed by atoms with Crippen LogP contribution in [-0.4, -0.2) is 17.8 Å². The first-order valence-electron chi connectivity index (χ1n) is 8.51. The zero-order valence-corrected chi connectivity index (χ0v) is 14.3. The fourth-order valence-corrected chi connectivity index (χ4v) is 3.18. The van der Waals surface area contributed by atoms with E-state index in [0.29, 0.717) is 0 Å². The van der Waals surface area contributed by atoms with Crippen LogP contribution in [0.1, 0.15) is 22.3 Å². The Balaban J connectivity index is 1.70. The molecule has 3 aromatic carbocycles. The molecular formula is C23H20N2. The summed E-state index contributed by atoms with van der Waals surface area (Å²) in [6.07, 6.45) is 2.15. The Hall–Kier alpha value is -3.13. The Kier molecular flexibility index (Phi) is 4.17. The minimum Gasteiger partial charge on any atom is -0.355 e. The van der Waals surface area contributed by atoms with E-state index in [1.165, 1.54) is 22.3 Å². The number of hydrogen-bond acceptors (Lipinski definition) is 2. The van der Waals surface area contributed by atoms with Crippen LogP contribution in [0.25, 0.3) is 11.8 Å². The number of amidine groups is 1. The molecule has 4 rings (SSSR count). The van der Waals surface area contributed by atoms with Gasteiger partial charge >= 0.3 is 0 Å². The van der Waals surface area contributed by atoms with Gasteiger partial charge in [-0.05, 0) is 17.2 Å². The van der Waals surface area contributed by atoms with Crippen molar-refractivity contribution >= 4 is 17.6 Å². The van der Waals surface area contributed by atoms with Crippen molar-refractivity contribution in [3.63, 3.8) is 0 Å². The van der Waals surface area contributed by atoms with Gasteiger partial charge in [0.25, 0.3) is 0 Å². The number of rotatable bonds is 3. The Morgan fingerprint density at radius 1 is 0.760 bits per heavy atom. The van der Waals surface area contributed by atoms with E-state index in [4.69, 9.17) is 4.99 Å². The van der Waals surface area contributed by atoms with E-state index in [-0.39, 0.29) is 0 Å². The van der Waals surface area contributed by atoms with E-state index in [1.807, 2.05) is 12.1 Å². The van der Waals surface area contributed by atoms with E-state index in [9.17, 15) is 0 Å². The Morgan fingerprint density at radius 3 is 2.08 bits per heavy atom. The third-order valence-corrected chi connectivity index (χ3v) is 4.40. The smallest absolute Gasteiger partial charge is 0.137 e. The van der Waals surface area contributed by atoms with Gasteiger partial charge in [0.1, 0.15) is 5.84 Å². The quantitative estimate of drug-likeness (QED) is 0.656. The maximum Gasteiger partial charge on any atom is 0.137 e. The maximum atomic E-state index is 4.95. The second-order valence-corrected chi connectivity index (χ2v) is 6.26. The third kappa shape index (κ3) is 3.24. The summed E-state index contributed by atoms with van der Waals surface area (Å²) >= 11 is 0. The first-order valence-corrected chi connectivity index (χ1v) is 8.51. The van der Waals surface area contributed by atoms with Crippen molar-refractivity contribution < 1.29 is 0 Å². The molecule has 0 N–H and O–H groups in total. The van der Waals surface area contributed by atoms with E-state index < -0.39 is 0 Å². The van der Waals surface area contributed by atoms with Gasteiger partial charge in [0.2, 0.25) is 0 Å². The van der Waals surface area contributed by atoms with Gasteiger partial charge in [0.05, 0.1) is 5.70 Å². The normalized spacial score (nSPS) is 14.3.